The van der Waals surface area contributed by atoms with Gasteiger partial charge in [0.05, 0.1) is 12.1 Å². The molecule has 0 saturated heterocycles. The molecule has 0 aromatic carbocycles. The van der Waals surface area contributed by atoms with Crippen LogP contribution in [0.5, 0.6) is 0 Å². The number of carbonyl (C=O) groups is 3. The Morgan fingerprint density at radius 2 is 1.82 bits per heavy atom. The second-order valence-electron chi connectivity index (χ2n) is 6.16. The maximum Gasteiger partial charge on any atom is 0.289 e. The van der Waals surface area contributed by atoms with Crippen LogP contribution < -0.4 is 16.4 Å². The number of unbranched alkanes of at least 4 members (excludes halogenated alkanes) is 1. The van der Waals surface area contributed by atoms with Crippen LogP contribution in [0.2, 0.25) is 0 Å². The van der Waals surface area contributed by atoms with Crippen molar-refractivity contribution in [2.75, 3.05) is 0 Å². The molecule has 4 N–H and O–H groups in total. The van der Waals surface area contributed by atoms with Gasteiger partial charge in [0.2, 0.25) is 11.7 Å². The summed E-state index contributed by atoms with van der Waals surface area (Å²) >= 11 is 0. The summed E-state index contributed by atoms with van der Waals surface area (Å²) in [5.41, 5.74) is 5.51. The van der Waals surface area contributed by atoms with Gasteiger partial charge in [-0.05, 0) is 26.2 Å². The summed E-state index contributed by atoms with van der Waals surface area (Å²) in [6, 6.07) is -1.39. The number of nitrogens with two attached hydrogens (primary N) is 1. The Hall–Kier alpha value is -1.43. The first kappa shape index (κ1) is 18.6. The summed E-state index contributed by atoms with van der Waals surface area (Å²) in [5, 5.41) is 5.40. The van der Waals surface area contributed by atoms with Gasteiger partial charge in [-0.3, -0.25) is 14.4 Å². The van der Waals surface area contributed by atoms with E-state index in [9.17, 15) is 14.4 Å². The third-order valence-corrected chi connectivity index (χ3v) is 4.06. The highest BCUT2D eigenvalue weighted by molar-refractivity contribution is 6.38. The Labute approximate surface area is 132 Å². The predicted octanol–water partition coefficient (Wildman–Crippen LogP) is 1.03. The number of hydrogen-bond donors (Lipinski definition) is 3. The standard InChI is InChI=1S/C16H29N3O3/c1-3-4-10-13(19-15(21)11(2)17)14(20)16(22)18-12-8-6-5-7-9-12/h11-13H,3-10,17H2,1-2H3,(H,18,22)(H,19,21). The topological polar surface area (TPSA) is 101 Å². The SMILES string of the molecule is CCCCC(NC(=O)C(C)N)C(=O)C(=O)NC1CCCCC1. The first-order valence-electron chi connectivity index (χ1n) is 8.36. The quantitative estimate of drug-likeness (QED) is 0.583. The molecule has 6 heteroatoms. The molecule has 1 aliphatic rings. The van der Waals surface area contributed by atoms with Gasteiger partial charge in [0.25, 0.3) is 5.91 Å². The molecular formula is C16H29N3O3. The monoisotopic (exact) mass is 311 g/mol. The van der Waals surface area contributed by atoms with Crippen LogP contribution in [-0.2, 0) is 14.4 Å². The van der Waals surface area contributed by atoms with Crippen LogP contribution in [0.4, 0.5) is 0 Å². The largest absolute Gasteiger partial charge is 0.347 e. The van der Waals surface area contributed by atoms with Gasteiger partial charge < -0.3 is 16.4 Å². The Balaban J connectivity index is 2.59. The summed E-state index contributed by atoms with van der Waals surface area (Å²) in [6.07, 6.45) is 7.32. The van der Waals surface area contributed by atoms with E-state index in [0.29, 0.717) is 6.42 Å². The van der Waals surface area contributed by atoms with Gasteiger partial charge in [-0.25, -0.2) is 0 Å². The van der Waals surface area contributed by atoms with Crippen molar-refractivity contribution in [2.45, 2.75) is 83.3 Å². The van der Waals surface area contributed by atoms with E-state index in [1.165, 1.54) is 6.42 Å². The van der Waals surface area contributed by atoms with Crippen LogP contribution >= 0.6 is 0 Å². The molecule has 0 radical (unpaired) electrons. The number of rotatable bonds is 8. The highest BCUT2D eigenvalue weighted by Crippen LogP contribution is 2.17. The summed E-state index contributed by atoms with van der Waals surface area (Å²) in [6.45, 7) is 3.55. The van der Waals surface area contributed by atoms with Gasteiger partial charge in [-0.1, -0.05) is 39.0 Å². The number of hydrogen-bond acceptors (Lipinski definition) is 4. The molecule has 0 heterocycles. The van der Waals surface area contributed by atoms with E-state index in [2.05, 4.69) is 10.6 Å². The lowest BCUT2D eigenvalue weighted by atomic mass is 9.95. The summed E-state index contributed by atoms with van der Waals surface area (Å²) in [5.74, 6) is -1.55. The van der Waals surface area contributed by atoms with Crippen molar-refractivity contribution in [1.29, 1.82) is 0 Å². The van der Waals surface area contributed by atoms with Crippen molar-refractivity contribution in [2.24, 2.45) is 5.73 Å². The van der Waals surface area contributed by atoms with E-state index in [1.54, 1.807) is 6.92 Å². The molecule has 2 amide bonds. The van der Waals surface area contributed by atoms with Crippen LogP contribution in [0.15, 0.2) is 0 Å². The minimum absolute atomic E-state index is 0.0844. The van der Waals surface area contributed by atoms with E-state index < -0.39 is 29.7 Å². The molecule has 0 aromatic rings. The minimum atomic E-state index is -0.776. The van der Waals surface area contributed by atoms with Gasteiger partial charge in [-0.2, -0.15) is 0 Å². The number of Topliss-reactive ketones (excluding diaryl/α,β-unsaturated/α-hetero) is 1. The van der Waals surface area contributed by atoms with Crippen molar-refractivity contribution < 1.29 is 14.4 Å². The molecule has 0 bridgehead atoms. The van der Waals surface area contributed by atoms with Gasteiger partial charge in [0, 0.05) is 6.04 Å². The van der Waals surface area contributed by atoms with Crippen molar-refractivity contribution in [3.05, 3.63) is 0 Å². The van der Waals surface area contributed by atoms with E-state index in [4.69, 9.17) is 5.73 Å². The van der Waals surface area contributed by atoms with Crippen LogP contribution in [-0.4, -0.2) is 35.7 Å². The lowest BCUT2D eigenvalue weighted by Crippen LogP contribution is -2.52. The number of amides is 2. The Kier molecular flexibility index (Phi) is 8.09. The fraction of sp³-hybridized carbons (Fsp3) is 0.812. The molecule has 0 spiro atoms. The fourth-order valence-electron chi connectivity index (χ4n) is 2.64. The fourth-order valence-corrected chi connectivity index (χ4v) is 2.64. The maximum atomic E-state index is 12.3. The molecule has 126 valence electrons. The second kappa shape index (κ2) is 9.56. The summed E-state index contributed by atoms with van der Waals surface area (Å²) in [4.78, 5) is 36.2. The molecule has 2 unspecified atom stereocenters. The smallest absolute Gasteiger partial charge is 0.289 e. The number of carbonyl (C=O) groups excluding carboxylic acids is 3. The zero-order valence-corrected chi connectivity index (χ0v) is 13.7. The Bertz CT molecular complexity index is 390. The molecule has 1 rings (SSSR count). The molecule has 6 nitrogen and oxygen atoms in total. The second-order valence-corrected chi connectivity index (χ2v) is 6.16. The predicted molar refractivity (Wildman–Crippen MR) is 85.1 cm³/mol. The molecule has 0 aromatic heterocycles. The molecule has 22 heavy (non-hydrogen) atoms. The molecule has 0 aliphatic heterocycles. The van der Waals surface area contributed by atoms with E-state index in [1.807, 2.05) is 6.92 Å². The van der Waals surface area contributed by atoms with Crippen molar-refractivity contribution in [3.8, 4) is 0 Å². The minimum Gasteiger partial charge on any atom is -0.347 e. The Morgan fingerprint density at radius 1 is 1.18 bits per heavy atom. The zero-order chi connectivity index (χ0) is 16.5. The normalized spacial score (nSPS) is 18.3. The van der Waals surface area contributed by atoms with Crippen LogP contribution in [0.25, 0.3) is 0 Å². The first-order chi connectivity index (χ1) is 10.5. The van der Waals surface area contributed by atoms with Crippen LogP contribution in [0, 0.1) is 0 Å². The van der Waals surface area contributed by atoms with Gasteiger partial charge in [0.1, 0.15) is 0 Å². The lowest BCUT2D eigenvalue weighted by molar-refractivity contribution is -0.140. The number of ketones is 1. The van der Waals surface area contributed by atoms with Crippen molar-refractivity contribution >= 4 is 17.6 Å². The average Bonchev–Trinajstić information content (AvgIpc) is 2.51. The lowest BCUT2D eigenvalue weighted by Gasteiger charge is -2.24. The third kappa shape index (κ3) is 6.13. The van der Waals surface area contributed by atoms with Gasteiger partial charge in [-0.15, -0.1) is 0 Å². The zero-order valence-electron chi connectivity index (χ0n) is 13.7. The first-order valence-corrected chi connectivity index (χ1v) is 8.36. The summed E-state index contributed by atoms with van der Waals surface area (Å²) < 4.78 is 0. The number of nitrogens with one attached hydrogen (secondary N) is 2. The average molecular weight is 311 g/mol. The van der Waals surface area contributed by atoms with Gasteiger partial charge in [0.15, 0.2) is 0 Å². The maximum absolute atomic E-state index is 12.3. The highest BCUT2D eigenvalue weighted by Gasteiger charge is 2.28. The van der Waals surface area contributed by atoms with E-state index >= 15 is 0 Å². The molecular weight excluding hydrogens is 282 g/mol. The van der Waals surface area contributed by atoms with Crippen LogP contribution in [0.1, 0.15) is 65.2 Å². The molecule has 1 fully saturated rings. The molecule has 1 saturated carbocycles. The Morgan fingerprint density at radius 3 is 2.36 bits per heavy atom. The van der Waals surface area contributed by atoms with Crippen LogP contribution in [0.3, 0.4) is 0 Å². The highest BCUT2D eigenvalue weighted by atomic mass is 16.2. The van der Waals surface area contributed by atoms with Crippen molar-refractivity contribution in [1.82, 2.24) is 10.6 Å². The van der Waals surface area contributed by atoms with E-state index in [0.717, 1.165) is 38.5 Å². The third-order valence-electron chi connectivity index (χ3n) is 4.06. The molecule has 1 aliphatic carbocycles. The van der Waals surface area contributed by atoms with Crippen molar-refractivity contribution in [3.63, 3.8) is 0 Å². The van der Waals surface area contributed by atoms with Gasteiger partial charge >= 0.3 is 0 Å². The summed E-state index contributed by atoms with van der Waals surface area (Å²) in [7, 11) is 0. The van der Waals surface area contributed by atoms with E-state index in [-0.39, 0.29) is 6.04 Å². The molecule has 2 atom stereocenters.